The summed E-state index contributed by atoms with van der Waals surface area (Å²) in [6.07, 6.45) is 2.19. The van der Waals surface area contributed by atoms with Crippen LogP contribution in [0.15, 0.2) is 29.1 Å². The van der Waals surface area contributed by atoms with Gasteiger partial charge >= 0.3 is 5.97 Å². The van der Waals surface area contributed by atoms with Crippen LogP contribution in [-0.4, -0.2) is 58.8 Å². The molecule has 3 rings (SSSR count). The maximum atomic E-state index is 12.6. The molecule has 0 aliphatic carbocycles. The van der Waals surface area contributed by atoms with Crippen molar-refractivity contribution < 1.29 is 19.1 Å². The van der Waals surface area contributed by atoms with E-state index in [0.29, 0.717) is 37.7 Å². The number of nitrogens with one attached hydrogen (secondary N) is 1. The van der Waals surface area contributed by atoms with Gasteiger partial charge in [-0.3, -0.25) is 14.4 Å². The fourth-order valence-electron chi connectivity index (χ4n) is 3.71. The van der Waals surface area contributed by atoms with Crippen molar-refractivity contribution >= 4 is 11.9 Å². The zero-order chi connectivity index (χ0) is 22.2. The molecule has 1 aromatic heterocycles. The Labute approximate surface area is 180 Å². The van der Waals surface area contributed by atoms with Gasteiger partial charge in [0, 0.05) is 37.9 Å². The van der Waals surface area contributed by atoms with Crippen molar-refractivity contribution in [3.05, 3.63) is 51.7 Å². The first-order chi connectivity index (χ1) is 15.0. The largest absolute Gasteiger partial charge is 0.496 e. The molecule has 1 aromatic carbocycles. The third kappa shape index (κ3) is 5.90. The fraction of sp³-hybridized carbons (Fsp3) is 0.500. The first-order valence-corrected chi connectivity index (χ1v) is 10.5. The van der Waals surface area contributed by atoms with Crippen LogP contribution in [0.3, 0.4) is 0 Å². The lowest BCUT2D eigenvalue weighted by Gasteiger charge is -2.31. The second-order valence-electron chi connectivity index (χ2n) is 7.47. The van der Waals surface area contributed by atoms with Crippen LogP contribution in [0.1, 0.15) is 43.3 Å². The molecular formula is C22H28N4O5. The zero-order valence-corrected chi connectivity index (χ0v) is 17.9. The lowest BCUT2D eigenvalue weighted by Crippen LogP contribution is -2.43. The Kier molecular flexibility index (Phi) is 7.75. The van der Waals surface area contributed by atoms with Crippen LogP contribution in [0.4, 0.5) is 0 Å². The van der Waals surface area contributed by atoms with Crippen LogP contribution >= 0.6 is 0 Å². The summed E-state index contributed by atoms with van der Waals surface area (Å²) in [5, 5.41) is 8.14. The molecule has 1 atom stereocenters. The van der Waals surface area contributed by atoms with Crippen LogP contribution in [0.2, 0.25) is 0 Å². The third-order valence-corrected chi connectivity index (χ3v) is 5.33. The van der Waals surface area contributed by atoms with Gasteiger partial charge in [-0.05, 0) is 25.8 Å². The topological polar surface area (TPSA) is 114 Å². The summed E-state index contributed by atoms with van der Waals surface area (Å²) >= 11 is 0. The molecule has 1 aliphatic rings. The van der Waals surface area contributed by atoms with Gasteiger partial charge in [-0.25, -0.2) is 0 Å². The number of hydrogen-bond donors (Lipinski definition) is 1. The summed E-state index contributed by atoms with van der Waals surface area (Å²) in [6.45, 7) is 3.06. The van der Waals surface area contributed by atoms with Crippen molar-refractivity contribution in [3.63, 3.8) is 0 Å². The van der Waals surface area contributed by atoms with E-state index < -0.39 is 0 Å². The number of ether oxygens (including phenoxy) is 2. The third-order valence-electron chi connectivity index (χ3n) is 5.33. The van der Waals surface area contributed by atoms with Crippen LogP contribution in [-0.2, 0) is 27.2 Å². The lowest BCUT2D eigenvalue weighted by molar-refractivity contribution is -0.151. The Bertz CT molecular complexity index is 974. The van der Waals surface area contributed by atoms with Crippen LogP contribution in [0.25, 0.3) is 0 Å². The molecule has 1 fully saturated rings. The van der Waals surface area contributed by atoms with Gasteiger partial charge in [-0.1, -0.05) is 18.2 Å². The predicted molar refractivity (Wildman–Crippen MR) is 113 cm³/mol. The fourth-order valence-corrected chi connectivity index (χ4v) is 3.71. The zero-order valence-electron chi connectivity index (χ0n) is 17.9. The van der Waals surface area contributed by atoms with E-state index in [2.05, 4.69) is 15.2 Å². The minimum Gasteiger partial charge on any atom is -0.496 e. The van der Waals surface area contributed by atoms with E-state index in [-0.39, 0.29) is 41.9 Å². The molecule has 1 unspecified atom stereocenters. The molecule has 0 saturated carbocycles. The first-order valence-electron chi connectivity index (χ1n) is 10.5. The molecule has 0 bridgehead atoms. The molecule has 166 valence electrons. The highest BCUT2D eigenvalue weighted by Gasteiger charge is 2.29. The van der Waals surface area contributed by atoms with Gasteiger partial charge in [0.1, 0.15) is 17.3 Å². The number of piperidine rings is 1. The number of aryl methyl sites for hydroxylation is 1. The predicted octanol–water partition coefficient (Wildman–Crippen LogP) is 1.50. The SMILES string of the molecule is CCOC(=O)C1CCCN(C(=O)CCc2nnc(Cc3ccccc3OC)[nH]c2=O)C1. The van der Waals surface area contributed by atoms with Crippen LogP contribution < -0.4 is 10.3 Å². The van der Waals surface area contributed by atoms with E-state index >= 15 is 0 Å². The minimum atomic E-state index is -0.351. The number of amides is 1. The van der Waals surface area contributed by atoms with Gasteiger partial charge in [-0.2, -0.15) is 0 Å². The molecular weight excluding hydrogens is 400 g/mol. The highest BCUT2D eigenvalue weighted by atomic mass is 16.5. The van der Waals surface area contributed by atoms with Gasteiger partial charge in [-0.15, -0.1) is 10.2 Å². The van der Waals surface area contributed by atoms with Crippen LogP contribution in [0, 0.1) is 5.92 Å². The van der Waals surface area contributed by atoms with Crippen molar-refractivity contribution in [2.45, 2.75) is 39.0 Å². The van der Waals surface area contributed by atoms with Crippen LogP contribution in [0.5, 0.6) is 5.75 Å². The van der Waals surface area contributed by atoms with Crippen molar-refractivity contribution in [2.75, 3.05) is 26.8 Å². The number of likely N-dealkylation sites (tertiary alicyclic amines) is 1. The van der Waals surface area contributed by atoms with E-state index in [4.69, 9.17) is 9.47 Å². The molecule has 2 heterocycles. The van der Waals surface area contributed by atoms with Gasteiger partial charge in [0.2, 0.25) is 5.91 Å². The highest BCUT2D eigenvalue weighted by molar-refractivity contribution is 5.78. The Balaban J connectivity index is 1.57. The number of aromatic amines is 1. The van der Waals surface area contributed by atoms with Crippen molar-refractivity contribution in [1.29, 1.82) is 0 Å². The van der Waals surface area contributed by atoms with Gasteiger partial charge in [0.25, 0.3) is 5.56 Å². The van der Waals surface area contributed by atoms with E-state index in [1.54, 1.807) is 18.9 Å². The molecule has 2 aromatic rings. The summed E-state index contributed by atoms with van der Waals surface area (Å²) < 4.78 is 10.4. The van der Waals surface area contributed by atoms with Gasteiger partial charge in [0.15, 0.2) is 0 Å². The monoisotopic (exact) mass is 428 g/mol. The maximum Gasteiger partial charge on any atom is 0.310 e. The maximum absolute atomic E-state index is 12.6. The summed E-state index contributed by atoms with van der Waals surface area (Å²) in [7, 11) is 1.59. The average molecular weight is 428 g/mol. The summed E-state index contributed by atoms with van der Waals surface area (Å²) in [4.78, 5) is 41.4. The van der Waals surface area contributed by atoms with Crippen molar-refractivity contribution in [3.8, 4) is 5.75 Å². The molecule has 9 heteroatoms. The summed E-state index contributed by atoms with van der Waals surface area (Å²) in [6, 6.07) is 7.49. The van der Waals surface area contributed by atoms with E-state index in [1.165, 1.54) is 0 Å². The Morgan fingerprint density at radius 3 is 2.81 bits per heavy atom. The summed E-state index contributed by atoms with van der Waals surface area (Å²) in [5.74, 6) is 0.497. The number of hydrogen-bond acceptors (Lipinski definition) is 7. The van der Waals surface area contributed by atoms with E-state index in [1.807, 2.05) is 24.3 Å². The molecule has 1 aliphatic heterocycles. The molecule has 1 amide bonds. The van der Waals surface area contributed by atoms with Crippen molar-refractivity contribution in [2.24, 2.45) is 5.92 Å². The standard InChI is InChI=1S/C22H28N4O5/c1-3-31-22(29)16-8-6-12-26(14-16)20(27)11-10-17-21(28)23-19(25-24-17)13-15-7-4-5-9-18(15)30-2/h4-5,7,9,16H,3,6,8,10-14H2,1-2H3,(H,23,25,28). The molecule has 0 spiro atoms. The number of esters is 1. The van der Waals surface area contributed by atoms with Crippen molar-refractivity contribution in [1.82, 2.24) is 20.1 Å². The number of rotatable bonds is 8. The quantitative estimate of drug-likeness (QED) is 0.634. The average Bonchev–Trinajstić information content (AvgIpc) is 2.79. The van der Waals surface area contributed by atoms with E-state index in [9.17, 15) is 14.4 Å². The molecule has 1 N–H and O–H groups in total. The lowest BCUT2D eigenvalue weighted by atomic mass is 9.98. The molecule has 1 saturated heterocycles. The Morgan fingerprint density at radius 1 is 1.26 bits per heavy atom. The van der Waals surface area contributed by atoms with E-state index in [0.717, 1.165) is 18.4 Å². The first kappa shape index (κ1) is 22.5. The number of H-pyrrole nitrogens is 1. The number of carbonyl (C=O) groups excluding carboxylic acids is 2. The number of methoxy groups -OCH3 is 1. The molecule has 0 radical (unpaired) electrons. The number of carbonyl (C=O) groups is 2. The summed E-state index contributed by atoms with van der Waals surface area (Å²) in [5.41, 5.74) is 0.756. The second-order valence-corrected chi connectivity index (χ2v) is 7.47. The normalized spacial score (nSPS) is 16.1. The number of nitrogens with zero attached hydrogens (tertiary/aromatic N) is 3. The Hall–Kier alpha value is -3.23. The number of benzene rings is 1. The van der Waals surface area contributed by atoms with Gasteiger partial charge in [0.05, 0.1) is 19.6 Å². The number of para-hydroxylation sites is 1. The Morgan fingerprint density at radius 2 is 2.06 bits per heavy atom. The number of aromatic nitrogens is 3. The molecule has 9 nitrogen and oxygen atoms in total. The smallest absolute Gasteiger partial charge is 0.310 e. The second kappa shape index (κ2) is 10.7. The van der Waals surface area contributed by atoms with Gasteiger partial charge < -0.3 is 19.4 Å². The minimum absolute atomic E-state index is 0.103. The molecule has 31 heavy (non-hydrogen) atoms. The highest BCUT2D eigenvalue weighted by Crippen LogP contribution is 2.20.